The van der Waals surface area contributed by atoms with E-state index in [0.717, 1.165) is 24.5 Å². The van der Waals surface area contributed by atoms with Crippen LogP contribution in [0.3, 0.4) is 0 Å². The number of rotatable bonds is 8. The molecule has 0 radical (unpaired) electrons. The van der Waals surface area contributed by atoms with Crippen LogP contribution in [0.15, 0.2) is 62.7 Å². The van der Waals surface area contributed by atoms with Gasteiger partial charge in [-0.25, -0.2) is 4.39 Å². The molecule has 0 saturated carbocycles. The monoisotopic (exact) mass is 695 g/mol. The number of aromatic nitrogens is 1. The Labute approximate surface area is 290 Å². The van der Waals surface area contributed by atoms with Gasteiger partial charge in [-0.1, -0.05) is 24.3 Å². The van der Waals surface area contributed by atoms with Crippen LogP contribution in [0.2, 0.25) is 0 Å². The molecule has 0 bridgehead atoms. The lowest BCUT2D eigenvalue weighted by molar-refractivity contribution is -0.125. The average molecular weight is 696 g/mol. The molecule has 4 heterocycles. The lowest BCUT2D eigenvalue weighted by Crippen LogP contribution is -2.42. The summed E-state index contributed by atoms with van der Waals surface area (Å²) >= 11 is 0. The van der Waals surface area contributed by atoms with Crippen molar-refractivity contribution in [3.8, 4) is 0 Å². The summed E-state index contributed by atoms with van der Waals surface area (Å²) in [5, 5.41) is 18.3. The molecule has 0 spiro atoms. The molecular weight excluding hydrogens is 657 g/mol. The van der Waals surface area contributed by atoms with Gasteiger partial charge in [-0.05, 0) is 49.2 Å². The van der Waals surface area contributed by atoms with E-state index in [9.17, 15) is 24.3 Å². The van der Waals surface area contributed by atoms with Crippen molar-refractivity contribution in [2.24, 2.45) is 0 Å². The number of aliphatic hydroxyl groups is 1. The highest BCUT2D eigenvalue weighted by Gasteiger charge is 2.32. The van der Waals surface area contributed by atoms with Crippen LogP contribution >= 0.6 is 0 Å². The fourth-order valence-electron chi connectivity index (χ4n) is 7.58. The van der Waals surface area contributed by atoms with Crippen molar-refractivity contribution in [3.05, 3.63) is 80.5 Å². The van der Waals surface area contributed by atoms with Crippen LogP contribution in [0.1, 0.15) is 37.0 Å². The van der Waals surface area contributed by atoms with Crippen molar-refractivity contribution in [1.29, 1.82) is 0 Å². The maximum absolute atomic E-state index is 16.4. The fourth-order valence-corrected chi connectivity index (χ4v) is 7.58. The fraction of sp³-hybridized carbons (Fsp3) is 0.368. The highest BCUT2D eigenvalue weighted by Crippen LogP contribution is 2.38. The lowest BCUT2D eigenvalue weighted by atomic mass is 10.1. The van der Waals surface area contributed by atoms with Crippen LogP contribution in [-0.4, -0.2) is 90.3 Å². The SMILES string of the molecule is CC(C)(O)CC(=O)NC1CCN(c2c(F)cc3c(=O)c(C(=O)NCCN4CCOCC4)cn4c5cc6c(cc5oc2c34)c(=O)c2ccccc26)C1. The first-order chi connectivity index (χ1) is 24.5. The lowest BCUT2D eigenvalue weighted by Gasteiger charge is -2.26. The van der Waals surface area contributed by atoms with Gasteiger partial charge in [-0.15, -0.1) is 0 Å². The Bertz CT molecular complexity index is 2480. The third-order valence-electron chi connectivity index (χ3n) is 9.97. The number of hydrogen-bond acceptors (Lipinski definition) is 9. The van der Waals surface area contributed by atoms with Gasteiger partial charge >= 0.3 is 0 Å². The van der Waals surface area contributed by atoms with Crippen LogP contribution in [0.5, 0.6) is 0 Å². The van der Waals surface area contributed by atoms with Gasteiger partial charge in [0, 0.05) is 62.3 Å². The Morgan fingerprint density at radius 2 is 1.75 bits per heavy atom. The number of nitrogens with one attached hydrogen (secondary N) is 2. The largest absolute Gasteiger partial charge is 0.451 e. The molecule has 4 aromatic carbocycles. The predicted octanol–water partition coefficient (Wildman–Crippen LogP) is 3.36. The van der Waals surface area contributed by atoms with Gasteiger partial charge < -0.3 is 34.2 Å². The van der Waals surface area contributed by atoms with Gasteiger partial charge in [0.1, 0.15) is 16.8 Å². The van der Waals surface area contributed by atoms with Crippen LogP contribution in [-0.2, 0) is 9.53 Å². The van der Waals surface area contributed by atoms with E-state index >= 15 is 4.39 Å². The zero-order valence-electron chi connectivity index (χ0n) is 28.4. The maximum atomic E-state index is 16.4. The standard InChI is InChI=1S/C38H38FN5O7/c1-38(2,49)18-31(45)41-21-7-9-43(19-21)33-28(39)15-26-32-36(33)51-30-17-25-24(22-5-3-4-6-23(22)34(25)46)16-29(30)44(32)20-27(35(26)47)37(48)40-8-10-42-11-13-50-14-12-42/h3-6,15-17,20-21,49H,7-14,18-19H2,1-2H3,(H,40,48)(H,41,45). The second-order valence-electron chi connectivity index (χ2n) is 14.2. The molecule has 6 aromatic rings. The van der Waals surface area contributed by atoms with E-state index < -0.39 is 22.8 Å². The molecule has 3 N–H and O–H groups in total. The van der Waals surface area contributed by atoms with Crippen LogP contribution < -0.4 is 26.4 Å². The second-order valence-corrected chi connectivity index (χ2v) is 14.2. The van der Waals surface area contributed by atoms with E-state index in [-0.39, 0.29) is 58.1 Å². The molecule has 1 atom stereocenters. The second kappa shape index (κ2) is 12.6. The minimum Gasteiger partial charge on any atom is -0.451 e. The number of hydrogen-bond donors (Lipinski definition) is 3. The first-order valence-electron chi connectivity index (χ1n) is 17.2. The maximum Gasteiger partial charge on any atom is 0.256 e. The molecule has 0 aliphatic carbocycles. The van der Waals surface area contributed by atoms with E-state index in [2.05, 4.69) is 15.5 Å². The number of carbonyl (C=O) groups is 2. The third-order valence-corrected chi connectivity index (χ3v) is 9.97. The minimum atomic E-state index is -1.18. The summed E-state index contributed by atoms with van der Waals surface area (Å²) < 4.78 is 30.0. The van der Waals surface area contributed by atoms with Gasteiger partial charge in [0.2, 0.25) is 11.3 Å². The van der Waals surface area contributed by atoms with Gasteiger partial charge in [0.15, 0.2) is 22.4 Å². The van der Waals surface area contributed by atoms with Crippen molar-refractivity contribution < 1.29 is 28.2 Å². The van der Waals surface area contributed by atoms with E-state index in [1.165, 1.54) is 6.20 Å². The molecule has 2 amide bonds. The van der Waals surface area contributed by atoms with Crippen molar-refractivity contribution in [3.63, 3.8) is 0 Å². The summed E-state index contributed by atoms with van der Waals surface area (Å²) in [5.74, 6) is -1.62. The molecule has 8 rings (SSSR count). The minimum absolute atomic E-state index is 0.0241. The third kappa shape index (κ3) is 5.94. The molecular formula is C38H38FN5O7. The van der Waals surface area contributed by atoms with Crippen LogP contribution in [0.25, 0.3) is 49.1 Å². The molecule has 1 unspecified atom stereocenters. The zero-order valence-corrected chi connectivity index (χ0v) is 28.4. The molecule has 2 fully saturated rings. The van der Waals surface area contributed by atoms with Crippen LogP contribution in [0.4, 0.5) is 10.1 Å². The number of ether oxygens (including phenoxy) is 1. The van der Waals surface area contributed by atoms with Crippen molar-refractivity contribution in [2.45, 2.75) is 38.3 Å². The Kier molecular flexibility index (Phi) is 8.16. The van der Waals surface area contributed by atoms with E-state index in [1.54, 1.807) is 41.3 Å². The van der Waals surface area contributed by atoms with Gasteiger partial charge in [-0.2, -0.15) is 0 Å². The van der Waals surface area contributed by atoms with E-state index in [4.69, 9.17) is 9.15 Å². The number of fused-ring (bicyclic) bond motifs is 5. The Hall–Kier alpha value is -5.11. The quantitative estimate of drug-likeness (QED) is 0.161. The molecule has 2 aliphatic heterocycles. The first-order valence-corrected chi connectivity index (χ1v) is 17.2. The Balaban J connectivity index is 1.27. The van der Waals surface area contributed by atoms with Gasteiger partial charge in [0.25, 0.3) is 5.91 Å². The normalized spacial score (nSPS) is 17.4. The molecule has 13 heteroatoms. The summed E-state index contributed by atoms with van der Waals surface area (Å²) in [4.78, 5) is 57.6. The Morgan fingerprint density at radius 3 is 2.51 bits per heavy atom. The number of nitrogens with zero attached hydrogens (tertiary/aromatic N) is 3. The summed E-state index contributed by atoms with van der Waals surface area (Å²) in [6.45, 7) is 7.39. The molecule has 2 aliphatic rings. The zero-order chi connectivity index (χ0) is 35.6. The Morgan fingerprint density at radius 1 is 0.980 bits per heavy atom. The van der Waals surface area contributed by atoms with Crippen LogP contribution in [0, 0.1) is 5.82 Å². The summed E-state index contributed by atoms with van der Waals surface area (Å²) in [5.41, 5.74) is -0.872. The van der Waals surface area contributed by atoms with E-state index in [1.807, 2.05) is 18.2 Å². The summed E-state index contributed by atoms with van der Waals surface area (Å²) in [6, 6.07) is 11.6. The first kappa shape index (κ1) is 33.1. The number of carbonyl (C=O) groups excluding carboxylic acids is 2. The van der Waals surface area contributed by atoms with E-state index in [0.29, 0.717) is 66.5 Å². The number of amides is 2. The molecule has 2 aromatic heterocycles. The van der Waals surface area contributed by atoms with Gasteiger partial charge in [0.05, 0.1) is 36.1 Å². The predicted molar refractivity (Wildman–Crippen MR) is 193 cm³/mol. The topological polar surface area (TPSA) is 146 Å². The molecule has 51 heavy (non-hydrogen) atoms. The molecule has 264 valence electrons. The smallest absolute Gasteiger partial charge is 0.256 e. The van der Waals surface area contributed by atoms with Crippen molar-refractivity contribution in [1.82, 2.24) is 19.9 Å². The van der Waals surface area contributed by atoms with Crippen molar-refractivity contribution in [2.75, 3.05) is 57.4 Å². The summed E-state index contributed by atoms with van der Waals surface area (Å²) in [6.07, 6.45) is 1.91. The highest BCUT2D eigenvalue weighted by atomic mass is 19.1. The number of halogens is 1. The van der Waals surface area contributed by atoms with Gasteiger partial charge in [-0.3, -0.25) is 24.1 Å². The number of morpholine rings is 1. The molecule has 2 saturated heterocycles. The number of anilines is 1. The summed E-state index contributed by atoms with van der Waals surface area (Å²) in [7, 11) is 0. The highest BCUT2D eigenvalue weighted by molar-refractivity contribution is 6.15. The molecule has 12 nitrogen and oxygen atoms in total. The number of pyridine rings is 1. The number of benzene rings is 3. The van der Waals surface area contributed by atoms with Crippen molar-refractivity contribution >= 4 is 66.6 Å². The average Bonchev–Trinajstić information content (AvgIpc) is 3.66.